The van der Waals surface area contributed by atoms with Crippen molar-refractivity contribution in [3.8, 4) is 5.75 Å². The molecule has 0 aromatic heterocycles. The minimum absolute atomic E-state index is 0.460. The standard InChI is InChI=1S/C16H26N2O2/c1-12-10-13(2)16(20-3)14(11-12)15(19)4-7-18-8-5-17-6-9-18/h10-11,15,17,19H,4-9H2,1-3H3. The second-order valence-corrected chi connectivity index (χ2v) is 5.60. The molecule has 1 aliphatic rings. The fourth-order valence-corrected chi connectivity index (χ4v) is 2.91. The van der Waals surface area contributed by atoms with Crippen LogP contribution >= 0.6 is 0 Å². The number of nitrogens with one attached hydrogen (secondary N) is 1. The van der Waals surface area contributed by atoms with Gasteiger partial charge in [-0.3, -0.25) is 0 Å². The van der Waals surface area contributed by atoms with Crippen LogP contribution in [0.25, 0.3) is 0 Å². The molecule has 4 nitrogen and oxygen atoms in total. The zero-order chi connectivity index (χ0) is 14.5. The zero-order valence-electron chi connectivity index (χ0n) is 12.8. The molecule has 0 aliphatic carbocycles. The molecule has 2 N–H and O–H groups in total. The quantitative estimate of drug-likeness (QED) is 0.859. The normalized spacial score (nSPS) is 18.0. The highest BCUT2D eigenvalue weighted by atomic mass is 16.5. The van der Waals surface area contributed by atoms with Gasteiger partial charge in [0.1, 0.15) is 5.75 Å². The predicted molar refractivity (Wildman–Crippen MR) is 81.4 cm³/mol. The van der Waals surface area contributed by atoms with Crippen molar-refractivity contribution in [2.75, 3.05) is 39.8 Å². The third-order valence-corrected chi connectivity index (χ3v) is 3.94. The van der Waals surface area contributed by atoms with E-state index < -0.39 is 6.10 Å². The second-order valence-electron chi connectivity index (χ2n) is 5.60. The van der Waals surface area contributed by atoms with E-state index >= 15 is 0 Å². The second kappa shape index (κ2) is 7.07. The van der Waals surface area contributed by atoms with Crippen molar-refractivity contribution in [2.24, 2.45) is 0 Å². The van der Waals surface area contributed by atoms with Crippen molar-refractivity contribution in [2.45, 2.75) is 26.4 Å². The molecule has 0 bridgehead atoms. The number of piperazine rings is 1. The minimum atomic E-state index is -0.460. The van der Waals surface area contributed by atoms with Crippen molar-refractivity contribution in [3.63, 3.8) is 0 Å². The highest BCUT2D eigenvalue weighted by Crippen LogP contribution is 2.31. The van der Waals surface area contributed by atoms with E-state index in [0.717, 1.165) is 56.0 Å². The highest BCUT2D eigenvalue weighted by molar-refractivity contribution is 5.45. The van der Waals surface area contributed by atoms with Crippen LogP contribution in [0.5, 0.6) is 5.75 Å². The summed E-state index contributed by atoms with van der Waals surface area (Å²) in [6.45, 7) is 9.23. The number of hydrogen-bond acceptors (Lipinski definition) is 4. The molecule has 1 aromatic carbocycles. The molecule has 1 fully saturated rings. The molecule has 1 aromatic rings. The molecular weight excluding hydrogens is 252 g/mol. The van der Waals surface area contributed by atoms with Crippen LogP contribution in [0.1, 0.15) is 29.2 Å². The van der Waals surface area contributed by atoms with Gasteiger partial charge in [0.15, 0.2) is 0 Å². The van der Waals surface area contributed by atoms with Crippen LogP contribution in [0.4, 0.5) is 0 Å². The molecule has 1 unspecified atom stereocenters. The molecule has 0 saturated carbocycles. The Morgan fingerprint density at radius 3 is 2.65 bits per heavy atom. The van der Waals surface area contributed by atoms with Crippen molar-refractivity contribution in [3.05, 3.63) is 28.8 Å². The highest BCUT2D eigenvalue weighted by Gasteiger charge is 2.18. The van der Waals surface area contributed by atoms with E-state index in [9.17, 15) is 5.11 Å². The van der Waals surface area contributed by atoms with Gasteiger partial charge in [-0.25, -0.2) is 0 Å². The largest absolute Gasteiger partial charge is 0.496 e. The van der Waals surface area contributed by atoms with E-state index in [1.165, 1.54) is 5.56 Å². The number of aliphatic hydroxyl groups excluding tert-OH is 1. The third-order valence-electron chi connectivity index (χ3n) is 3.94. The third kappa shape index (κ3) is 3.72. The number of benzene rings is 1. The maximum Gasteiger partial charge on any atom is 0.127 e. The van der Waals surface area contributed by atoms with Gasteiger partial charge >= 0.3 is 0 Å². The van der Waals surface area contributed by atoms with Gasteiger partial charge in [-0.2, -0.15) is 0 Å². The Labute approximate surface area is 121 Å². The molecule has 112 valence electrons. The zero-order valence-corrected chi connectivity index (χ0v) is 12.8. The Kier molecular flexibility index (Phi) is 5.40. The average molecular weight is 278 g/mol. The van der Waals surface area contributed by atoms with Gasteiger partial charge in [0.2, 0.25) is 0 Å². The van der Waals surface area contributed by atoms with Gasteiger partial charge in [-0.15, -0.1) is 0 Å². The van der Waals surface area contributed by atoms with Gasteiger partial charge in [-0.05, 0) is 31.9 Å². The number of ether oxygens (including phenoxy) is 1. The fourth-order valence-electron chi connectivity index (χ4n) is 2.91. The summed E-state index contributed by atoms with van der Waals surface area (Å²) < 4.78 is 5.46. The SMILES string of the molecule is COc1c(C)cc(C)cc1C(O)CCN1CCNCC1. The van der Waals surface area contributed by atoms with Gasteiger partial charge in [0.25, 0.3) is 0 Å². The number of nitrogens with zero attached hydrogens (tertiary/aromatic N) is 1. The number of rotatable bonds is 5. The van der Waals surface area contributed by atoms with E-state index in [-0.39, 0.29) is 0 Å². The summed E-state index contributed by atoms with van der Waals surface area (Å²) in [5.74, 6) is 0.823. The Morgan fingerprint density at radius 1 is 1.30 bits per heavy atom. The number of aryl methyl sites for hydroxylation is 2. The number of methoxy groups -OCH3 is 1. The maximum absolute atomic E-state index is 10.5. The molecule has 1 aliphatic heterocycles. The summed E-state index contributed by atoms with van der Waals surface area (Å²) in [6.07, 6.45) is 0.289. The topological polar surface area (TPSA) is 44.7 Å². The van der Waals surface area contributed by atoms with Gasteiger partial charge < -0.3 is 20.1 Å². The van der Waals surface area contributed by atoms with Crippen molar-refractivity contribution in [1.29, 1.82) is 0 Å². The Balaban J connectivity index is 2.02. The lowest BCUT2D eigenvalue weighted by molar-refractivity contribution is 0.134. The molecular formula is C16H26N2O2. The molecule has 2 rings (SSSR count). The first kappa shape index (κ1) is 15.3. The van der Waals surface area contributed by atoms with Crippen molar-refractivity contribution >= 4 is 0 Å². The minimum Gasteiger partial charge on any atom is -0.496 e. The molecule has 4 heteroatoms. The average Bonchev–Trinajstić information content (AvgIpc) is 2.45. The summed E-state index contributed by atoms with van der Waals surface area (Å²) in [5.41, 5.74) is 3.17. The summed E-state index contributed by atoms with van der Waals surface area (Å²) in [7, 11) is 1.67. The first-order valence-corrected chi connectivity index (χ1v) is 7.38. The Hall–Kier alpha value is -1.10. The van der Waals surface area contributed by atoms with E-state index in [1.807, 2.05) is 13.0 Å². The molecule has 1 saturated heterocycles. The Bertz CT molecular complexity index is 442. The van der Waals surface area contributed by atoms with Gasteiger partial charge in [-0.1, -0.05) is 11.6 Å². The molecule has 0 spiro atoms. The van der Waals surface area contributed by atoms with E-state index in [1.54, 1.807) is 7.11 Å². The van der Waals surface area contributed by atoms with E-state index in [4.69, 9.17) is 4.74 Å². The smallest absolute Gasteiger partial charge is 0.127 e. The van der Waals surface area contributed by atoms with Crippen molar-refractivity contribution in [1.82, 2.24) is 10.2 Å². The molecule has 20 heavy (non-hydrogen) atoms. The van der Waals surface area contributed by atoms with Crippen molar-refractivity contribution < 1.29 is 9.84 Å². The van der Waals surface area contributed by atoms with Crippen LogP contribution in [-0.2, 0) is 0 Å². The summed E-state index contributed by atoms with van der Waals surface area (Å²) >= 11 is 0. The van der Waals surface area contributed by atoms with Gasteiger partial charge in [0, 0.05) is 38.3 Å². The lowest BCUT2D eigenvalue weighted by Crippen LogP contribution is -2.44. The van der Waals surface area contributed by atoms with Crippen LogP contribution in [0.3, 0.4) is 0 Å². The van der Waals surface area contributed by atoms with Crippen LogP contribution in [0.2, 0.25) is 0 Å². The fraction of sp³-hybridized carbons (Fsp3) is 0.625. The number of hydrogen-bond donors (Lipinski definition) is 2. The monoisotopic (exact) mass is 278 g/mol. The Morgan fingerprint density at radius 2 is 2.00 bits per heavy atom. The summed E-state index contributed by atoms with van der Waals surface area (Å²) in [4.78, 5) is 2.40. The van der Waals surface area contributed by atoms with Crippen LogP contribution < -0.4 is 10.1 Å². The number of aliphatic hydroxyl groups is 1. The first-order chi connectivity index (χ1) is 9.61. The summed E-state index contributed by atoms with van der Waals surface area (Å²) in [6, 6.07) is 4.12. The van der Waals surface area contributed by atoms with Crippen LogP contribution in [0.15, 0.2) is 12.1 Å². The molecule has 1 heterocycles. The maximum atomic E-state index is 10.5. The lowest BCUT2D eigenvalue weighted by atomic mass is 9.99. The molecule has 1 atom stereocenters. The van der Waals surface area contributed by atoms with Gasteiger partial charge in [0.05, 0.1) is 13.2 Å². The van der Waals surface area contributed by atoms with E-state index in [2.05, 4.69) is 23.2 Å². The molecule has 0 radical (unpaired) electrons. The van der Waals surface area contributed by atoms with Crippen LogP contribution in [0, 0.1) is 13.8 Å². The lowest BCUT2D eigenvalue weighted by Gasteiger charge is -2.28. The van der Waals surface area contributed by atoms with E-state index in [0.29, 0.717) is 0 Å². The molecule has 0 amide bonds. The summed E-state index contributed by atoms with van der Waals surface area (Å²) in [5, 5.41) is 13.8. The van der Waals surface area contributed by atoms with Crippen LogP contribution in [-0.4, -0.2) is 49.8 Å². The first-order valence-electron chi connectivity index (χ1n) is 7.38. The predicted octanol–water partition coefficient (Wildman–Crippen LogP) is 1.64.